The molecule has 1 aliphatic rings. The number of ether oxygens (including phenoxy) is 2. The molecule has 1 aromatic carbocycles. The molecule has 3 nitrogen and oxygen atoms in total. The van der Waals surface area contributed by atoms with Gasteiger partial charge < -0.3 is 14.6 Å². The highest BCUT2D eigenvalue weighted by Crippen LogP contribution is 2.25. The van der Waals surface area contributed by atoms with Gasteiger partial charge in [0.2, 0.25) is 0 Å². The first kappa shape index (κ1) is 13.3. The summed E-state index contributed by atoms with van der Waals surface area (Å²) < 4.78 is 24.1. The Balaban J connectivity index is 1.88. The summed E-state index contributed by atoms with van der Waals surface area (Å²) in [5.74, 6) is 0.341. The van der Waals surface area contributed by atoms with E-state index in [-0.39, 0.29) is 24.1 Å². The predicted octanol–water partition coefficient (Wildman–Crippen LogP) is 2.24. The zero-order valence-electron chi connectivity index (χ0n) is 10.3. The second-order valence-corrected chi connectivity index (χ2v) is 4.63. The van der Waals surface area contributed by atoms with Crippen LogP contribution in [0.5, 0.6) is 5.75 Å². The molecule has 0 radical (unpaired) electrons. The summed E-state index contributed by atoms with van der Waals surface area (Å²) in [6, 6.07) is 6.34. The van der Waals surface area contributed by atoms with Crippen LogP contribution in [-0.4, -0.2) is 31.5 Å². The van der Waals surface area contributed by atoms with Crippen LogP contribution in [0.1, 0.15) is 12.8 Å². The molecule has 0 bridgehead atoms. The Morgan fingerprint density at radius 2 is 2.06 bits per heavy atom. The van der Waals surface area contributed by atoms with Crippen LogP contribution < -0.4 is 4.74 Å². The minimum Gasteiger partial charge on any atom is -0.490 e. The highest BCUT2D eigenvalue weighted by Gasteiger charge is 2.24. The first-order valence-corrected chi connectivity index (χ1v) is 6.37. The molecule has 1 heterocycles. The molecule has 0 saturated carbocycles. The van der Waals surface area contributed by atoms with E-state index in [9.17, 15) is 9.50 Å². The fraction of sp³-hybridized carbons (Fsp3) is 0.571. The molecule has 2 rings (SSSR count). The maximum atomic E-state index is 13.4. The highest BCUT2D eigenvalue weighted by atomic mass is 19.1. The molecule has 1 aromatic rings. The molecule has 0 aliphatic carbocycles. The highest BCUT2D eigenvalue weighted by molar-refractivity contribution is 5.23. The van der Waals surface area contributed by atoms with Crippen molar-refractivity contribution < 1.29 is 19.0 Å². The average Bonchev–Trinajstić information content (AvgIpc) is 2.42. The van der Waals surface area contributed by atoms with E-state index in [2.05, 4.69) is 0 Å². The summed E-state index contributed by atoms with van der Waals surface area (Å²) in [4.78, 5) is 0. The molecule has 1 atom stereocenters. The maximum absolute atomic E-state index is 13.4. The number of aliphatic hydroxyl groups is 1. The Labute approximate surface area is 107 Å². The van der Waals surface area contributed by atoms with Gasteiger partial charge >= 0.3 is 0 Å². The third-order valence-electron chi connectivity index (χ3n) is 3.46. The van der Waals surface area contributed by atoms with Gasteiger partial charge in [0.05, 0.1) is 6.61 Å². The fourth-order valence-corrected chi connectivity index (χ4v) is 2.28. The van der Waals surface area contributed by atoms with Crippen LogP contribution in [0.25, 0.3) is 0 Å². The topological polar surface area (TPSA) is 38.7 Å². The lowest BCUT2D eigenvalue weighted by molar-refractivity contribution is 0.0194. The summed E-state index contributed by atoms with van der Waals surface area (Å²) in [5.41, 5.74) is 0. The summed E-state index contributed by atoms with van der Waals surface area (Å²) >= 11 is 0. The van der Waals surface area contributed by atoms with Crippen LogP contribution in [0.2, 0.25) is 0 Å². The molecule has 1 saturated heterocycles. The molecule has 0 aromatic heterocycles. The molecule has 1 aliphatic heterocycles. The van der Waals surface area contributed by atoms with Crippen LogP contribution in [0.15, 0.2) is 24.3 Å². The Morgan fingerprint density at radius 3 is 2.72 bits per heavy atom. The minimum absolute atomic E-state index is 0.0495. The molecule has 18 heavy (non-hydrogen) atoms. The Morgan fingerprint density at radius 1 is 1.33 bits per heavy atom. The number of para-hydroxylation sites is 1. The van der Waals surface area contributed by atoms with Crippen molar-refractivity contribution in [2.45, 2.75) is 12.8 Å². The van der Waals surface area contributed by atoms with Crippen LogP contribution in [-0.2, 0) is 4.74 Å². The zero-order chi connectivity index (χ0) is 12.8. The van der Waals surface area contributed by atoms with Gasteiger partial charge in [-0.2, -0.15) is 0 Å². The van der Waals surface area contributed by atoms with E-state index in [4.69, 9.17) is 9.47 Å². The van der Waals surface area contributed by atoms with Gasteiger partial charge in [0.15, 0.2) is 11.6 Å². The van der Waals surface area contributed by atoms with E-state index in [1.807, 2.05) is 0 Å². The molecule has 0 spiro atoms. The molecule has 0 amide bonds. The van der Waals surface area contributed by atoms with Gasteiger partial charge in [0.25, 0.3) is 0 Å². The first-order chi connectivity index (χ1) is 8.81. The second-order valence-electron chi connectivity index (χ2n) is 4.63. The van der Waals surface area contributed by atoms with Gasteiger partial charge in [-0.15, -0.1) is 0 Å². The van der Waals surface area contributed by atoms with E-state index in [1.165, 1.54) is 6.07 Å². The third-order valence-corrected chi connectivity index (χ3v) is 3.46. The lowest BCUT2D eigenvalue weighted by Crippen LogP contribution is -2.30. The number of rotatable bonds is 5. The second kappa shape index (κ2) is 6.71. The van der Waals surface area contributed by atoms with Crippen LogP contribution in [0, 0.1) is 17.7 Å². The zero-order valence-corrected chi connectivity index (χ0v) is 10.3. The van der Waals surface area contributed by atoms with Crippen molar-refractivity contribution in [3.63, 3.8) is 0 Å². The van der Waals surface area contributed by atoms with Gasteiger partial charge in [0, 0.05) is 25.7 Å². The Bertz CT molecular complexity index is 364. The van der Waals surface area contributed by atoms with Crippen LogP contribution >= 0.6 is 0 Å². The van der Waals surface area contributed by atoms with Crippen molar-refractivity contribution >= 4 is 0 Å². The van der Waals surface area contributed by atoms with Gasteiger partial charge in [0.1, 0.15) is 0 Å². The molecule has 100 valence electrons. The Hall–Kier alpha value is -1.13. The lowest BCUT2D eigenvalue weighted by Gasteiger charge is -2.28. The smallest absolute Gasteiger partial charge is 0.165 e. The summed E-state index contributed by atoms with van der Waals surface area (Å²) in [6.45, 7) is 1.89. The third kappa shape index (κ3) is 3.43. The quantitative estimate of drug-likeness (QED) is 0.875. The number of hydrogen-bond acceptors (Lipinski definition) is 3. The molecular formula is C14H19FO3. The Kier molecular flexibility index (Phi) is 4.96. The summed E-state index contributed by atoms with van der Waals surface area (Å²) in [5, 5.41) is 9.41. The van der Waals surface area contributed by atoms with Gasteiger partial charge in [-0.05, 0) is 30.9 Å². The molecule has 4 heteroatoms. The minimum atomic E-state index is -0.360. The number of benzene rings is 1. The van der Waals surface area contributed by atoms with Crippen molar-refractivity contribution in [1.82, 2.24) is 0 Å². The maximum Gasteiger partial charge on any atom is 0.165 e. The standard InChI is InChI=1S/C14H19FO3/c15-13-3-1-2-4-14(13)18-10-12(9-16)11-5-7-17-8-6-11/h1-4,11-12,16H,5-10H2. The van der Waals surface area contributed by atoms with E-state index < -0.39 is 0 Å². The van der Waals surface area contributed by atoms with Crippen LogP contribution in [0.3, 0.4) is 0 Å². The van der Waals surface area contributed by atoms with Crippen molar-refractivity contribution in [1.29, 1.82) is 0 Å². The monoisotopic (exact) mass is 254 g/mol. The van der Waals surface area contributed by atoms with Gasteiger partial charge in [-0.25, -0.2) is 4.39 Å². The van der Waals surface area contributed by atoms with Crippen molar-refractivity contribution in [2.24, 2.45) is 11.8 Å². The summed E-state index contributed by atoms with van der Waals surface area (Å²) in [6.07, 6.45) is 1.87. The largest absolute Gasteiger partial charge is 0.490 e. The van der Waals surface area contributed by atoms with Crippen molar-refractivity contribution in [3.05, 3.63) is 30.1 Å². The van der Waals surface area contributed by atoms with Crippen molar-refractivity contribution in [3.8, 4) is 5.75 Å². The van der Waals surface area contributed by atoms with Crippen LogP contribution in [0.4, 0.5) is 4.39 Å². The van der Waals surface area contributed by atoms with Gasteiger partial charge in [-0.3, -0.25) is 0 Å². The molecular weight excluding hydrogens is 235 g/mol. The first-order valence-electron chi connectivity index (χ1n) is 6.37. The number of halogens is 1. The average molecular weight is 254 g/mol. The normalized spacial score (nSPS) is 18.6. The molecule has 1 N–H and O–H groups in total. The fourth-order valence-electron chi connectivity index (χ4n) is 2.28. The van der Waals surface area contributed by atoms with Crippen molar-refractivity contribution in [2.75, 3.05) is 26.4 Å². The predicted molar refractivity (Wildman–Crippen MR) is 66.0 cm³/mol. The van der Waals surface area contributed by atoms with Gasteiger partial charge in [-0.1, -0.05) is 12.1 Å². The molecule has 1 unspecified atom stereocenters. The van der Waals surface area contributed by atoms with E-state index in [0.29, 0.717) is 12.5 Å². The number of aliphatic hydroxyl groups excluding tert-OH is 1. The lowest BCUT2D eigenvalue weighted by atomic mass is 9.87. The summed E-state index contributed by atoms with van der Waals surface area (Å²) in [7, 11) is 0. The number of hydrogen-bond donors (Lipinski definition) is 1. The van der Waals surface area contributed by atoms with E-state index >= 15 is 0 Å². The van der Waals surface area contributed by atoms with E-state index in [0.717, 1.165) is 26.1 Å². The van der Waals surface area contributed by atoms with E-state index in [1.54, 1.807) is 18.2 Å². The SMILES string of the molecule is OCC(COc1ccccc1F)C1CCOCC1. The molecule has 1 fully saturated rings.